The third kappa shape index (κ3) is 8.61. The summed E-state index contributed by atoms with van der Waals surface area (Å²) in [6, 6.07) is 75.0. The van der Waals surface area contributed by atoms with E-state index in [9.17, 15) is 0 Å². The van der Waals surface area contributed by atoms with Crippen LogP contribution in [0.15, 0.2) is 205 Å². The fourth-order valence-corrected chi connectivity index (χ4v) is 12.8. The Hall–Kier alpha value is -8.74. The lowest BCUT2D eigenvalue weighted by Crippen LogP contribution is -2.61. The van der Waals surface area contributed by atoms with Crippen molar-refractivity contribution in [1.29, 1.82) is 0 Å². The van der Waals surface area contributed by atoms with E-state index >= 15 is 0 Å². The van der Waals surface area contributed by atoms with Gasteiger partial charge in [-0.1, -0.05) is 190 Å². The third-order valence-electron chi connectivity index (χ3n) is 17.1. The Morgan fingerprint density at radius 3 is 1.65 bits per heavy atom. The van der Waals surface area contributed by atoms with Crippen molar-refractivity contribution in [3.8, 4) is 56.0 Å². The lowest BCUT2D eigenvalue weighted by molar-refractivity contribution is 0.172. The molecule has 10 aromatic carbocycles. The van der Waals surface area contributed by atoms with E-state index in [-0.39, 0.29) is 23.0 Å². The van der Waals surface area contributed by atoms with Gasteiger partial charge in [0.25, 0.3) is 6.71 Å². The smallest absolute Gasteiger partial charge is 0.252 e. The minimum absolute atomic E-state index is 0.0193. The van der Waals surface area contributed by atoms with Crippen molar-refractivity contribution < 1.29 is 13.9 Å². The van der Waals surface area contributed by atoms with Gasteiger partial charge in [-0.2, -0.15) is 0 Å². The Labute approximate surface area is 477 Å². The molecular weight excluding hydrogens is 988 g/mol. The average molecular weight is 1060 g/mol. The summed E-state index contributed by atoms with van der Waals surface area (Å²) < 4.78 is 19.9. The summed E-state index contributed by atoms with van der Waals surface area (Å²) in [4.78, 5) is 5.09. The van der Waals surface area contributed by atoms with E-state index in [1.165, 1.54) is 44.2 Å². The summed E-state index contributed by atoms with van der Waals surface area (Å²) in [7, 11) is 0. The molecule has 398 valence electrons. The van der Waals surface area contributed by atoms with Gasteiger partial charge >= 0.3 is 0 Å². The van der Waals surface area contributed by atoms with E-state index in [1.54, 1.807) is 0 Å². The van der Waals surface area contributed by atoms with Gasteiger partial charge in [0.05, 0.1) is 0 Å². The fraction of sp³-hybridized carbons (Fsp3) is 0.200. The number of anilines is 6. The molecule has 0 saturated carbocycles. The number of furan rings is 1. The molecule has 0 atom stereocenters. The molecule has 3 aliphatic rings. The Bertz CT molecular complexity index is 4230. The molecule has 0 fully saturated rings. The average Bonchev–Trinajstić information content (AvgIpc) is 2.79. The number of nitrogens with zero attached hydrogens (tertiary/aromatic N) is 2. The topological polar surface area (TPSA) is 38.1 Å². The standard InChI is InChI=1S/C75H67BN2O3/c1-46-38-65-70-66(39-46)78(71-58(49-16-12-11-13-17-49)32-35-68-72(71)80-37-36-79-68)63-34-30-56(75(8,9)10)45-62(63)76(70)61-33-25-50(51-24-31-60-59-18-14-15-19-67(59)81-69(60)44-51)43-64(61)77(65)57-41-52(47-20-26-54(27-21-47)73(2,3)4)40-53(42-57)48-22-28-55(29-23-48)74(5,6)7/h11-35,38-45H,36-37H2,1-10H3. The largest absolute Gasteiger partial charge is 0.486 e. The van der Waals surface area contributed by atoms with Crippen LogP contribution in [0.3, 0.4) is 0 Å². The van der Waals surface area contributed by atoms with Gasteiger partial charge in [0, 0.05) is 44.8 Å². The summed E-state index contributed by atoms with van der Waals surface area (Å²) >= 11 is 0. The lowest BCUT2D eigenvalue weighted by Gasteiger charge is -2.45. The monoisotopic (exact) mass is 1050 g/mol. The first-order chi connectivity index (χ1) is 38.9. The van der Waals surface area contributed by atoms with Crippen LogP contribution >= 0.6 is 0 Å². The molecule has 0 aliphatic carbocycles. The molecule has 14 rings (SSSR count). The minimum Gasteiger partial charge on any atom is -0.486 e. The highest BCUT2D eigenvalue weighted by Crippen LogP contribution is 2.54. The van der Waals surface area contributed by atoms with Crippen LogP contribution in [-0.4, -0.2) is 19.9 Å². The molecular formula is C75H67BN2O3. The van der Waals surface area contributed by atoms with Gasteiger partial charge in [0.2, 0.25) is 0 Å². The molecule has 5 nitrogen and oxygen atoms in total. The van der Waals surface area contributed by atoms with Gasteiger partial charge in [-0.15, -0.1) is 0 Å². The maximum atomic E-state index is 6.83. The second kappa shape index (κ2) is 18.7. The van der Waals surface area contributed by atoms with Gasteiger partial charge in [-0.05, 0) is 174 Å². The molecule has 0 saturated heterocycles. The Morgan fingerprint density at radius 2 is 0.975 bits per heavy atom. The molecule has 0 unspecified atom stereocenters. The Balaban J connectivity index is 1.07. The van der Waals surface area contributed by atoms with E-state index in [4.69, 9.17) is 13.9 Å². The highest BCUT2D eigenvalue weighted by atomic mass is 16.6. The van der Waals surface area contributed by atoms with Crippen LogP contribution in [0.1, 0.15) is 84.6 Å². The van der Waals surface area contributed by atoms with Crippen LogP contribution in [-0.2, 0) is 16.2 Å². The zero-order valence-electron chi connectivity index (χ0n) is 48.2. The maximum absolute atomic E-state index is 6.83. The number of hydrogen-bond donors (Lipinski definition) is 0. The Morgan fingerprint density at radius 1 is 0.395 bits per heavy atom. The molecule has 81 heavy (non-hydrogen) atoms. The van der Waals surface area contributed by atoms with Crippen LogP contribution in [0, 0.1) is 6.92 Å². The molecule has 3 aliphatic heterocycles. The number of rotatable bonds is 6. The van der Waals surface area contributed by atoms with E-state index in [0.717, 1.165) is 107 Å². The zero-order chi connectivity index (χ0) is 55.7. The lowest BCUT2D eigenvalue weighted by atomic mass is 9.33. The number of hydrogen-bond acceptors (Lipinski definition) is 5. The molecule has 0 spiro atoms. The number of fused-ring (bicyclic) bond motifs is 8. The normalized spacial score (nSPS) is 13.8. The van der Waals surface area contributed by atoms with Crippen molar-refractivity contribution in [2.75, 3.05) is 23.0 Å². The Kier molecular flexibility index (Phi) is 11.6. The first kappa shape index (κ1) is 50.5. The molecule has 11 aromatic rings. The first-order valence-electron chi connectivity index (χ1n) is 28.7. The number of ether oxygens (including phenoxy) is 2. The predicted molar refractivity (Wildman–Crippen MR) is 341 cm³/mol. The quantitative estimate of drug-likeness (QED) is 0.155. The van der Waals surface area contributed by atoms with Gasteiger partial charge in [-0.25, -0.2) is 0 Å². The zero-order valence-corrected chi connectivity index (χ0v) is 48.2. The van der Waals surface area contributed by atoms with Crippen LogP contribution in [0.25, 0.3) is 66.4 Å². The van der Waals surface area contributed by atoms with Gasteiger partial charge in [0.15, 0.2) is 11.5 Å². The van der Waals surface area contributed by atoms with E-state index < -0.39 is 0 Å². The van der Waals surface area contributed by atoms with Crippen molar-refractivity contribution in [2.24, 2.45) is 0 Å². The van der Waals surface area contributed by atoms with Crippen molar-refractivity contribution in [1.82, 2.24) is 0 Å². The summed E-state index contributed by atoms with van der Waals surface area (Å²) in [5.41, 5.74) is 26.1. The highest BCUT2D eigenvalue weighted by molar-refractivity contribution is 7.00. The van der Waals surface area contributed by atoms with E-state index in [0.29, 0.717) is 13.2 Å². The van der Waals surface area contributed by atoms with Crippen molar-refractivity contribution in [3.05, 3.63) is 222 Å². The molecule has 1 aromatic heterocycles. The van der Waals surface area contributed by atoms with Crippen molar-refractivity contribution >= 4 is 79.2 Å². The highest BCUT2D eigenvalue weighted by Gasteiger charge is 2.45. The van der Waals surface area contributed by atoms with Crippen molar-refractivity contribution in [2.45, 2.75) is 85.5 Å². The van der Waals surface area contributed by atoms with Gasteiger partial charge in [-0.3, -0.25) is 0 Å². The van der Waals surface area contributed by atoms with Gasteiger partial charge in [0.1, 0.15) is 30.1 Å². The summed E-state index contributed by atoms with van der Waals surface area (Å²) in [6.07, 6.45) is 0. The summed E-state index contributed by atoms with van der Waals surface area (Å²) in [6.45, 7) is 23.8. The third-order valence-corrected chi connectivity index (χ3v) is 17.1. The molecule has 4 heterocycles. The second-order valence-electron chi connectivity index (χ2n) is 25.7. The summed E-state index contributed by atoms with van der Waals surface area (Å²) in [5, 5.41) is 2.24. The van der Waals surface area contributed by atoms with E-state index in [2.05, 4.69) is 273 Å². The first-order valence-corrected chi connectivity index (χ1v) is 28.7. The molecule has 0 N–H and O–H groups in total. The second-order valence-corrected chi connectivity index (χ2v) is 25.7. The predicted octanol–water partition coefficient (Wildman–Crippen LogP) is 18.3. The molecule has 6 heteroatoms. The van der Waals surface area contributed by atoms with Crippen molar-refractivity contribution in [3.63, 3.8) is 0 Å². The van der Waals surface area contributed by atoms with Gasteiger partial charge < -0.3 is 23.7 Å². The van der Waals surface area contributed by atoms with Crippen LogP contribution < -0.4 is 35.7 Å². The van der Waals surface area contributed by atoms with Crippen LogP contribution in [0.4, 0.5) is 34.1 Å². The van der Waals surface area contributed by atoms with E-state index in [1.807, 2.05) is 6.07 Å². The SMILES string of the molecule is Cc1cc2c3c(c1)N(c1c(-c4ccccc4)ccc4c1OCCO4)c1ccc(C(C)(C)C)cc1B3c1ccc(-c3ccc4c(c3)oc3ccccc34)cc1N2c1cc(-c2ccc(C(C)(C)C)cc2)cc(-c2ccc(C(C)(C)C)cc2)c1. The number of aryl methyl sites for hydroxylation is 1. The number of para-hydroxylation sites is 1. The number of benzene rings is 10. The molecule has 0 bridgehead atoms. The molecule has 0 radical (unpaired) electrons. The fourth-order valence-electron chi connectivity index (χ4n) is 12.8. The van der Waals surface area contributed by atoms with Crippen LogP contribution in [0.5, 0.6) is 11.5 Å². The maximum Gasteiger partial charge on any atom is 0.252 e. The minimum atomic E-state index is -0.128. The summed E-state index contributed by atoms with van der Waals surface area (Å²) in [5.74, 6) is 1.51. The van der Waals surface area contributed by atoms with Crippen LogP contribution in [0.2, 0.25) is 0 Å². The molecule has 0 amide bonds.